The Morgan fingerprint density at radius 3 is 2.68 bits per heavy atom. The Bertz CT molecular complexity index is 591. The van der Waals surface area contributed by atoms with Gasteiger partial charge in [0.2, 0.25) is 0 Å². The maximum absolute atomic E-state index is 13.9. The summed E-state index contributed by atoms with van der Waals surface area (Å²) in [7, 11) is 1.80. The van der Waals surface area contributed by atoms with E-state index in [4.69, 9.17) is 11.6 Å². The molecule has 2 rings (SSSR count). The molecule has 1 heterocycles. The minimum atomic E-state index is -0.365. The Hall–Kier alpha value is -1.13. The lowest BCUT2D eigenvalue weighted by atomic mass is 10.1. The number of aromatic nitrogens is 1. The van der Waals surface area contributed by atoms with E-state index in [1.54, 1.807) is 18.1 Å². The summed E-state index contributed by atoms with van der Waals surface area (Å²) < 4.78 is 14.5. The first kappa shape index (κ1) is 14.3. The molecule has 0 aliphatic rings. The average molecular weight is 344 g/mol. The molecular formula is C14H13BrClFN2. The molecule has 1 unspecified atom stereocenters. The third-order valence-corrected chi connectivity index (χ3v) is 3.84. The van der Waals surface area contributed by atoms with Crippen molar-refractivity contribution in [3.63, 3.8) is 0 Å². The first-order valence-electron chi connectivity index (χ1n) is 5.79. The number of anilines is 1. The Labute approximate surface area is 125 Å². The molecule has 0 aliphatic heterocycles. The zero-order valence-corrected chi connectivity index (χ0v) is 12.9. The molecule has 0 N–H and O–H groups in total. The molecule has 19 heavy (non-hydrogen) atoms. The van der Waals surface area contributed by atoms with Gasteiger partial charge in [-0.3, -0.25) is 0 Å². The minimum absolute atomic E-state index is 0.0723. The summed E-state index contributed by atoms with van der Waals surface area (Å²) in [6.07, 6.45) is 1.58. The molecule has 0 spiro atoms. The van der Waals surface area contributed by atoms with Gasteiger partial charge in [0.25, 0.3) is 0 Å². The van der Waals surface area contributed by atoms with Crippen molar-refractivity contribution < 1.29 is 4.39 Å². The van der Waals surface area contributed by atoms with Crippen LogP contribution < -0.4 is 4.90 Å². The van der Waals surface area contributed by atoms with E-state index in [9.17, 15) is 4.39 Å². The number of hydrogen-bond donors (Lipinski definition) is 0. The second-order valence-corrected chi connectivity index (χ2v) is 5.59. The first-order chi connectivity index (χ1) is 9.00. The average Bonchev–Trinajstić information content (AvgIpc) is 2.38. The van der Waals surface area contributed by atoms with Crippen molar-refractivity contribution in [3.05, 3.63) is 57.4 Å². The molecule has 0 saturated carbocycles. The molecule has 5 heteroatoms. The molecule has 0 radical (unpaired) electrons. The Kier molecular flexibility index (Phi) is 4.42. The summed E-state index contributed by atoms with van der Waals surface area (Å²) in [5, 5.41) is 0.666. The first-order valence-corrected chi connectivity index (χ1v) is 6.96. The zero-order valence-electron chi connectivity index (χ0n) is 10.6. The SMILES string of the molecule is CC(c1ccccc1Cl)N(C)c1ncc(Br)cc1F. The van der Waals surface area contributed by atoms with Crippen molar-refractivity contribution in [1.29, 1.82) is 0 Å². The molecule has 1 aromatic heterocycles. The van der Waals surface area contributed by atoms with Gasteiger partial charge >= 0.3 is 0 Å². The molecule has 0 aliphatic carbocycles. The lowest BCUT2D eigenvalue weighted by Gasteiger charge is -2.27. The van der Waals surface area contributed by atoms with Crippen LogP contribution in [0.4, 0.5) is 10.2 Å². The van der Waals surface area contributed by atoms with Gasteiger partial charge in [0, 0.05) is 22.7 Å². The summed E-state index contributed by atoms with van der Waals surface area (Å²) in [5.74, 6) is -0.0635. The van der Waals surface area contributed by atoms with Crippen molar-refractivity contribution in [2.45, 2.75) is 13.0 Å². The molecular weight excluding hydrogens is 331 g/mol. The summed E-state index contributed by atoms with van der Waals surface area (Å²) in [6, 6.07) is 8.87. The fourth-order valence-electron chi connectivity index (χ4n) is 1.87. The highest BCUT2D eigenvalue weighted by Gasteiger charge is 2.18. The number of benzene rings is 1. The number of rotatable bonds is 3. The topological polar surface area (TPSA) is 16.1 Å². The van der Waals surface area contributed by atoms with Crippen LogP contribution in [0.5, 0.6) is 0 Å². The second-order valence-electron chi connectivity index (χ2n) is 4.27. The van der Waals surface area contributed by atoms with Crippen LogP contribution in [0.15, 0.2) is 41.0 Å². The Balaban J connectivity index is 2.33. The summed E-state index contributed by atoms with van der Waals surface area (Å²) in [5.41, 5.74) is 0.941. The standard InChI is InChI=1S/C14H13BrClFN2/c1-9(11-5-3-4-6-12(11)16)19(2)14-13(17)7-10(15)8-18-14/h3-9H,1-2H3. The van der Waals surface area contributed by atoms with E-state index in [0.29, 0.717) is 15.3 Å². The van der Waals surface area contributed by atoms with Gasteiger partial charge in [0.15, 0.2) is 11.6 Å². The highest BCUT2D eigenvalue weighted by Crippen LogP contribution is 2.30. The van der Waals surface area contributed by atoms with Crippen molar-refractivity contribution >= 4 is 33.3 Å². The highest BCUT2D eigenvalue weighted by atomic mass is 79.9. The highest BCUT2D eigenvalue weighted by molar-refractivity contribution is 9.10. The molecule has 2 nitrogen and oxygen atoms in total. The van der Waals surface area contributed by atoms with Gasteiger partial charge in [-0.25, -0.2) is 9.37 Å². The normalized spacial score (nSPS) is 12.3. The summed E-state index contributed by atoms with van der Waals surface area (Å²) in [4.78, 5) is 5.88. The van der Waals surface area contributed by atoms with Gasteiger partial charge in [0.05, 0.1) is 6.04 Å². The molecule has 1 aromatic carbocycles. The van der Waals surface area contributed by atoms with Crippen LogP contribution in [0.2, 0.25) is 5.02 Å². The Morgan fingerprint density at radius 1 is 1.37 bits per heavy atom. The Morgan fingerprint density at radius 2 is 2.05 bits per heavy atom. The van der Waals surface area contributed by atoms with Gasteiger partial charge in [-0.15, -0.1) is 0 Å². The molecule has 100 valence electrons. The van der Waals surface area contributed by atoms with Gasteiger partial charge in [-0.05, 0) is 40.5 Å². The zero-order chi connectivity index (χ0) is 14.0. The number of pyridine rings is 1. The maximum atomic E-state index is 13.9. The molecule has 1 atom stereocenters. The minimum Gasteiger partial charge on any atom is -0.350 e. The number of halogens is 3. The van der Waals surface area contributed by atoms with Crippen LogP contribution in [0, 0.1) is 5.82 Å². The van der Waals surface area contributed by atoms with E-state index in [1.165, 1.54) is 6.07 Å². The molecule has 0 saturated heterocycles. The van der Waals surface area contributed by atoms with Gasteiger partial charge in [0.1, 0.15) is 0 Å². The second kappa shape index (κ2) is 5.88. The molecule has 2 aromatic rings. The molecule has 0 bridgehead atoms. The lowest BCUT2D eigenvalue weighted by molar-refractivity contribution is 0.601. The van der Waals surface area contributed by atoms with E-state index in [0.717, 1.165) is 5.56 Å². The van der Waals surface area contributed by atoms with Crippen molar-refractivity contribution in [2.75, 3.05) is 11.9 Å². The lowest BCUT2D eigenvalue weighted by Crippen LogP contribution is -2.24. The predicted molar refractivity (Wildman–Crippen MR) is 80.2 cm³/mol. The van der Waals surface area contributed by atoms with E-state index >= 15 is 0 Å². The fraction of sp³-hybridized carbons (Fsp3) is 0.214. The number of hydrogen-bond acceptors (Lipinski definition) is 2. The fourth-order valence-corrected chi connectivity index (χ4v) is 2.47. The van der Waals surface area contributed by atoms with Crippen molar-refractivity contribution in [1.82, 2.24) is 4.98 Å². The van der Waals surface area contributed by atoms with Crippen molar-refractivity contribution in [2.24, 2.45) is 0 Å². The van der Waals surface area contributed by atoms with Crippen LogP contribution in [0.3, 0.4) is 0 Å². The third-order valence-electron chi connectivity index (χ3n) is 3.06. The predicted octanol–water partition coefficient (Wildman–Crippen LogP) is 4.83. The summed E-state index contributed by atoms with van der Waals surface area (Å²) in [6.45, 7) is 1.96. The largest absolute Gasteiger partial charge is 0.350 e. The summed E-state index contributed by atoms with van der Waals surface area (Å²) >= 11 is 9.36. The van der Waals surface area contributed by atoms with Crippen LogP contribution in [0.25, 0.3) is 0 Å². The molecule has 0 fully saturated rings. The van der Waals surface area contributed by atoms with Crippen LogP contribution in [-0.2, 0) is 0 Å². The molecule has 0 amide bonds. The van der Waals surface area contributed by atoms with E-state index in [1.807, 2.05) is 31.2 Å². The van der Waals surface area contributed by atoms with Crippen LogP contribution in [0.1, 0.15) is 18.5 Å². The maximum Gasteiger partial charge on any atom is 0.166 e. The van der Waals surface area contributed by atoms with Gasteiger partial charge in [-0.1, -0.05) is 29.8 Å². The smallest absolute Gasteiger partial charge is 0.166 e. The third kappa shape index (κ3) is 3.07. The van der Waals surface area contributed by atoms with Crippen LogP contribution >= 0.6 is 27.5 Å². The van der Waals surface area contributed by atoms with Gasteiger partial charge < -0.3 is 4.90 Å². The van der Waals surface area contributed by atoms with E-state index in [2.05, 4.69) is 20.9 Å². The number of nitrogens with zero attached hydrogens (tertiary/aromatic N) is 2. The monoisotopic (exact) mass is 342 g/mol. The quantitative estimate of drug-likeness (QED) is 0.793. The van der Waals surface area contributed by atoms with Gasteiger partial charge in [-0.2, -0.15) is 0 Å². The van der Waals surface area contributed by atoms with E-state index < -0.39 is 0 Å². The van der Waals surface area contributed by atoms with E-state index in [-0.39, 0.29) is 11.9 Å². The van der Waals surface area contributed by atoms with Crippen molar-refractivity contribution in [3.8, 4) is 0 Å². The van der Waals surface area contributed by atoms with Crippen LogP contribution in [-0.4, -0.2) is 12.0 Å².